The Balaban J connectivity index is 1.68. The van der Waals surface area contributed by atoms with Crippen LogP contribution in [0.4, 0.5) is 10.8 Å². The largest absolute Gasteiger partial charge is 0.497 e. The van der Waals surface area contributed by atoms with Gasteiger partial charge < -0.3 is 13.9 Å². The van der Waals surface area contributed by atoms with E-state index in [9.17, 15) is 4.79 Å². The topological polar surface area (TPSA) is 73.6 Å². The van der Waals surface area contributed by atoms with Crippen molar-refractivity contribution < 1.29 is 18.7 Å². The van der Waals surface area contributed by atoms with E-state index in [0.717, 1.165) is 5.56 Å². The number of amides is 1. The van der Waals surface area contributed by atoms with Crippen LogP contribution in [0.25, 0.3) is 11.3 Å². The van der Waals surface area contributed by atoms with Gasteiger partial charge in [-0.2, -0.15) is 4.98 Å². The Bertz CT molecular complexity index is 799. The molecule has 1 aromatic heterocycles. The molecule has 0 aliphatic carbocycles. The summed E-state index contributed by atoms with van der Waals surface area (Å²) in [4.78, 5) is 16.0. The molecule has 0 bridgehead atoms. The summed E-state index contributed by atoms with van der Waals surface area (Å²) in [6.45, 7) is 0. The third-order valence-corrected chi connectivity index (χ3v) is 3.03. The second-order valence-corrected chi connectivity index (χ2v) is 4.60. The SMILES string of the molecule is COc1cccc(-c2coc(NC(=O)Oc3ccccc3)n2)c1. The quantitative estimate of drug-likeness (QED) is 0.789. The van der Waals surface area contributed by atoms with Crippen LogP contribution in [-0.4, -0.2) is 18.2 Å². The number of methoxy groups -OCH3 is 1. The summed E-state index contributed by atoms with van der Waals surface area (Å²) in [6.07, 6.45) is 0.780. The van der Waals surface area contributed by atoms with E-state index in [1.54, 1.807) is 31.4 Å². The predicted molar refractivity (Wildman–Crippen MR) is 84.6 cm³/mol. The molecule has 3 aromatic rings. The molecule has 0 saturated heterocycles. The maximum absolute atomic E-state index is 11.8. The van der Waals surface area contributed by atoms with Crippen molar-refractivity contribution in [1.82, 2.24) is 4.98 Å². The number of carbonyl (C=O) groups is 1. The van der Waals surface area contributed by atoms with Gasteiger partial charge in [-0.3, -0.25) is 0 Å². The zero-order valence-corrected chi connectivity index (χ0v) is 12.4. The first-order valence-corrected chi connectivity index (χ1v) is 6.88. The molecule has 0 aliphatic heterocycles. The number of benzene rings is 2. The Hall–Kier alpha value is -3.28. The number of carbonyl (C=O) groups excluding carboxylic acids is 1. The number of hydrogen-bond donors (Lipinski definition) is 1. The first-order valence-electron chi connectivity index (χ1n) is 6.88. The maximum Gasteiger partial charge on any atom is 0.420 e. The maximum atomic E-state index is 11.8. The van der Waals surface area contributed by atoms with Crippen LogP contribution in [0.3, 0.4) is 0 Å². The second kappa shape index (κ2) is 6.65. The standard InChI is InChI=1S/C17H14N2O4/c1-21-14-9-5-6-12(10-14)15-11-22-16(18-15)19-17(20)23-13-7-3-2-4-8-13/h2-11H,1H3,(H,18,19,20). The minimum absolute atomic E-state index is 0.0590. The first kappa shape index (κ1) is 14.6. The van der Waals surface area contributed by atoms with Crippen molar-refractivity contribution in [2.45, 2.75) is 0 Å². The molecule has 6 heteroatoms. The molecule has 0 fully saturated rings. The van der Waals surface area contributed by atoms with E-state index in [-0.39, 0.29) is 6.01 Å². The summed E-state index contributed by atoms with van der Waals surface area (Å²) in [5, 5.41) is 2.44. The van der Waals surface area contributed by atoms with Gasteiger partial charge in [-0.05, 0) is 24.3 Å². The fourth-order valence-corrected chi connectivity index (χ4v) is 1.95. The average molecular weight is 310 g/mol. The minimum Gasteiger partial charge on any atom is -0.497 e. The zero-order chi connectivity index (χ0) is 16.1. The Morgan fingerprint density at radius 1 is 1.09 bits per heavy atom. The van der Waals surface area contributed by atoms with Crippen LogP contribution >= 0.6 is 0 Å². The molecule has 3 rings (SSSR count). The van der Waals surface area contributed by atoms with Crippen LogP contribution in [0, 0.1) is 0 Å². The van der Waals surface area contributed by atoms with Gasteiger partial charge in [0.15, 0.2) is 0 Å². The molecule has 23 heavy (non-hydrogen) atoms. The molecule has 0 saturated carbocycles. The van der Waals surface area contributed by atoms with Crippen molar-refractivity contribution in [3.63, 3.8) is 0 Å². The molecule has 0 aliphatic rings. The van der Waals surface area contributed by atoms with Gasteiger partial charge in [-0.15, -0.1) is 0 Å². The molecule has 6 nitrogen and oxygen atoms in total. The number of nitrogens with one attached hydrogen (secondary N) is 1. The van der Waals surface area contributed by atoms with E-state index < -0.39 is 6.09 Å². The lowest BCUT2D eigenvalue weighted by Gasteiger charge is -2.03. The highest BCUT2D eigenvalue weighted by Gasteiger charge is 2.11. The van der Waals surface area contributed by atoms with Crippen molar-refractivity contribution in [1.29, 1.82) is 0 Å². The molecular formula is C17H14N2O4. The molecule has 2 aromatic carbocycles. The molecule has 116 valence electrons. The lowest BCUT2D eigenvalue weighted by atomic mass is 10.2. The van der Waals surface area contributed by atoms with Gasteiger partial charge in [0, 0.05) is 5.56 Å². The van der Waals surface area contributed by atoms with Gasteiger partial charge in [0.05, 0.1) is 7.11 Å². The van der Waals surface area contributed by atoms with Crippen LogP contribution in [0.5, 0.6) is 11.5 Å². The zero-order valence-electron chi connectivity index (χ0n) is 12.4. The molecule has 0 unspecified atom stereocenters. The Kier molecular flexibility index (Phi) is 4.24. The van der Waals surface area contributed by atoms with E-state index >= 15 is 0 Å². The monoisotopic (exact) mass is 310 g/mol. The summed E-state index contributed by atoms with van der Waals surface area (Å²) >= 11 is 0. The van der Waals surface area contributed by atoms with Crippen LogP contribution in [0.1, 0.15) is 0 Å². The normalized spacial score (nSPS) is 10.1. The van der Waals surface area contributed by atoms with Gasteiger partial charge in [0.2, 0.25) is 0 Å². The molecule has 0 atom stereocenters. The van der Waals surface area contributed by atoms with Gasteiger partial charge in [-0.25, -0.2) is 10.1 Å². The number of para-hydroxylation sites is 1. The highest BCUT2D eigenvalue weighted by Crippen LogP contribution is 2.24. The molecule has 0 spiro atoms. The summed E-state index contributed by atoms with van der Waals surface area (Å²) in [6, 6.07) is 16.2. The van der Waals surface area contributed by atoms with Gasteiger partial charge >= 0.3 is 12.1 Å². The first-order chi connectivity index (χ1) is 11.2. The number of oxazole rings is 1. The molecule has 1 N–H and O–H groups in total. The summed E-state index contributed by atoms with van der Waals surface area (Å²) in [7, 11) is 1.59. The number of rotatable bonds is 4. The Morgan fingerprint density at radius 3 is 2.65 bits per heavy atom. The molecule has 1 heterocycles. The molecular weight excluding hydrogens is 296 g/mol. The van der Waals surface area contributed by atoms with Crippen molar-refractivity contribution in [2.75, 3.05) is 12.4 Å². The van der Waals surface area contributed by atoms with E-state index in [2.05, 4.69) is 10.3 Å². The number of hydrogen-bond acceptors (Lipinski definition) is 5. The Morgan fingerprint density at radius 2 is 1.87 bits per heavy atom. The number of aromatic nitrogens is 1. The highest BCUT2D eigenvalue weighted by atomic mass is 16.6. The smallest absolute Gasteiger partial charge is 0.420 e. The molecule has 0 radical (unpaired) electrons. The number of anilines is 1. The molecule has 1 amide bonds. The van der Waals surface area contributed by atoms with Gasteiger partial charge in [-0.1, -0.05) is 30.3 Å². The van der Waals surface area contributed by atoms with E-state index in [4.69, 9.17) is 13.9 Å². The fraction of sp³-hybridized carbons (Fsp3) is 0.0588. The predicted octanol–water partition coefficient (Wildman–Crippen LogP) is 3.96. The van der Waals surface area contributed by atoms with E-state index in [0.29, 0.717) is 17.2 Å². The Labute approximate surface area is 132 Å². The van der Waals surface area contributed by atoms with E-state index in [1.165, 1.54) is 6.26 Å². The van der Waals surface area contributed by atoms with Crippen LogP contribution < -0.4 is 14.8 Å². The van der Waals surface area contributed by atoms with Gasteiger partial charge in [0.25, 0.3) is 0 Å². The highest BCUT2D eigenvalue weighted by molar-refractivity contribution is 5.84. The van der Waals surface area contributed by atoms with Crippen molar-refractivity contribution in [2.24, 2.45) is 0 Å². The van der Waals surface area contributed by atoms with Crippen molar-refractivity contribution >= 4 is 12.1 Å². The minimum atomic E-state index is -0.671. The third-order valence-electron chi connectivity index (χ3n) is 3.03. The third kappa shape index (κ3) is 3.68. The van der Waals surface area contributed by atoms with Crippen LogP contribution in [-0.2, 0) is 0 Å². The summed E-state index contributed by atoms with van der Waals surface area (Å²) in [5.41, 5.74) is 1.40. The number of ether oxygens (including phenoxy) is 2. The van der Waals surface area contributed by atoms with Gasteiger partial charge in [0.1, 0.15) is 23.5 Å². The average Bonchev–Trinajstić information content (AvgIpc) is 3.04. The number of nitrogens with zero attached hydrogens (tertiary/aromatic N) is 1. The van der Waals surface area contributed by atoms with Crippen LogP contribution in [0.2, 0.25) is 0 Å². The lowest BCUT2D eigenvalue weighted by Crippen LogP contribution is -2.16. The van der Waals surface area contributed by atoms with Crippen molar-refractivity contribution in [3.8, 4) is 22.8 Å². The van der Waals surface area contributed by atoms with Crippen molar-refractivity contribution in [3.05, 3.63) is 60.9 Å². The lowest BCUT2D eigenvalue weighted by molar-refractivity contribution is 0.214. The van der Waals surface area contributed by atoms with E-state index in [1.807, 2.05) is 30.3 Å². The fourth-order valence-electron chi connectivity index (χ4n) is 1.95. The summed E-state index contributed by atoms with van der Waals surface area (Å²) < 4.78 is 15.5. The van der Waals surface area contributed by atoms with Crippen LogP contribution in [0.15, 0.2) is 65.3 Å². The summed E-state index contributed by atoms with van der Waals surface area (Å²) in [5.74, 6) is 1.15. The second-order valence-electron chi connectivity index (χ2n) is 4.60.